The van der Waals surface area contributed by atoms with Crippen LogP contribution in [0.1, 0.15) is 29.3 Å². The number of benzene rings is 2. The largest absolute Gasteiger partial charge is 0.274 e. The van der Waals surface area contributed by atoms with E-state index in [1.54, 1.807) is 16.5 Å². The molecule has 9 heteroatoms. The van der Waals surface area contributed by atoms with E-state index in [0.717, 1.165) is 28.2 Å². The molecule has 0 saturated heterocycles. The molecule has 0 aliphatic carbocycles. The van der Waals surface area contributed by atoms with Crippen LogP contribution in [-0.4, -0.2) is 31.1 Å². The highest BCUT2D eigenvalue weighted by molar-refractivity contribution is 7.98. The first-order chi connectivity index (χ1) is 14.9. The highest BCUT2D eigenvalue weighted by Crippen LogP contribution is 2.33. The summed E-state index contributed by atoms with van der Waals surface area (Å²) in [7, 11) is 0. The Morgan fingerprint density at radius 3 is 2.55 bits per heavy atom. The second-order valence-corrected chi connectivity index (χ2v) is 9.04. The molecular formula is C22H22N6OS2. The molecule has 0 atom stereocenters. The van der Waals surface area contributed by atoms with Crippen LogP contribution in [0.4, 0.5) is 10.8 Å². The van der Waals surface area contributed by atoms with Gasteiger partial charge in [-0.1, -0.05) is 47.2 Å². The maximum absolute atomic E-state index is 12.4. The molecule has 0 radical (unpaired) electrons. The van der Waals surface area contributed by atoms with Gasteiger partial charge in [-0.3, -0.25) is 9.69 Å². The molecule has 0 bridgehead atoms. The minimum absolute atomic E-state index is 0.0659. The molecule has 0 N–H and O–H groups in total. The van der Waals surface area contributed by atoms with Gasteiger partial charge < -0.3 is 0 Å². The van der Waals surface area contributed by atoms with Crippen molar-refractivity contribution in [3.05, 3.63) is 70.2 Å². The van der Waals surface area contributed by atoms with Gasteiger partial charge in [0.05, 0.1) is 17.1 Å². The van der Waals surface area contributed by atoms with Gasteiger partial charge in [0.15, 0.2) is 5.13 Å². The van der Waals surface area contributed by atoms with Crippen molar-refractivity contribution < 1.29 is 4.79 Å². The molecule has 7 nitrogen and oxygen atoms in total. The van der Waals surface area contributed by atoms with Crippen LogP contribution in [0.2, 0.25) is 0 Å². The fourth-order valence-electron chi connectivity index (χ4n) is 3.18. The number of anilines is 2. The topological polar surface area (TPSA) is 76.8 Å². The Labute approximate surface area is 189 Å². The Morgan fingerprint density at radius 2 is 1.84 bits per heavy atom. The summed E-state index contributed by atoms with van der Waals surface area (Å²) in [6.45, 7) is 7.65. The molecule has 0 unspecified atom stereocenters. The molecule has 158 valence electrons. The molecule has 4 aromatic rings. The Kier molecular flexibility index (Phi) is 6.15. The van der Waals surface area contributed by atoms with Crippen molar-refractivity contribution in [2.45, 2.75) is 38.6 Å². The van der Waals surface area contributed by atoms with Crippen molar-refractivity contribution in [2.75, 3.05) is 4.90 Å². The summed E-state index contributed by atoms with van der Waals surface area (Å²) in [5.41, 5.74) is 6.02. The molecule has 2 aromatic heterocycles. The maximum atomic E-state index is 12.4. The van der Waals surface area contributed by atoms with Gasteiger partial charge in [-0.25, -0.2) is 4.98 Å². The zero-order valence-corrected chi connectivity index (χ0v) is 19.4. The van der Waals surface area contributed by atoms with E-state index < -0.39 is 0 Å². The minimum atomic E-state index is -0.0659. The molecule has 1 amide bonds. The number of rotatable bonds is 6. The average Bonchev–Trinajstić information content (AvgIpc) is 3.38. The lowest BCUT2D eigenvalue weighted by Crippen LogP contribution is -2.23. The number of tetrazole rings is 1. The van der Waals surface area contributed by atoms with Crippen LogP contribution in [0.15, 0.2) is 53.0 Å². The summed E-state index contributed by atoms with van der Waals surface area (Å²) < 4.78 is 1.72. The van der Waals surface area contributed by atoms with E-state index in [4.69, 9.17) is 4.98 Å². The van der Waals surface area contributed by atoms with Gasteiger partial charge >= 0.3 is 0 Å². The lowest BCUT2D eigenvalue weighted by atomic mass is 10.1. The molecular weight excluding hydrogens is 428 g/mol. The van der Waals surface area contributed by atoms with Crippen LogP contribution < -0.4 is 4.90 Å². The van der Waals surface area contributed by atoms with E-state index in [2.05, 4.69) is 21.6 Å². The number of aromatic nitrogens is 5. The summed E-state index contributed by atoms with van der Waals surface area (Å²) in [4.78, 5) is 18.8. The number of thiazole rings is 1. The summed E-state index contributed by atoms with van der Waals surface area (Å²) in [5, 5.41) is 15.4. The third kappa shape index (κ3) is 4.67. The zero-order chi connectivity index (χ0) is 22.0. The maximum Gasteiger partial charge on any atom is 0.230 e. The van der Waals surface area contributed by atoms with E-state index >= 15 is 0 Å². The van der Waals surface area contributed by atoms with Crippen LogP contribution in [0, 0.1) is 20.8 Å². The minimum Gasteiger partial charge on any atom is -0.274 e. The summed E-state index contributed by atoms with van der Waals surface area (Å²) in [6.07, 6.45) is 0. The first kappa shape index (κ1) is 21.2. The van der Waals surface area contributed by atoms with Crippen LogP contribution in [0.3, 0.4) is 0 Å². The highest BCUT2D eigenvalue weighted by Gasteiger charge is 2.20. The Bertz CT molecular complexity index is 1210. The number of aryl methyl sites for hydroxylation is 3. The van der Waals surface area contributed by atoms with Crippen LogP contribution in [0.25, 0.3) is 5.69 Å². The van der Waals surface area contributed by atoms with Gasteiger partial charge in [0.1, 0.15) is 0 Å². The zero-order valence-electron chi connectivity index (χ0n) is 17.7. The second kappa shape index (κ2) is 8.99. The van der Waals surface area contributed by atoms with Crippen LogP contribution in [-0.2, 0) is 10.5 Å². The van der Waals surface area contributed by atoms with Gasteiger partial charge in [0.25, 0.3) is 0 Å². The van der Waals surface area contributed by atoms with Gasteiger partial charge in [-0.2, -0.15) is 4.68 Å². The smallest absolute Gasteiger partial charge is 0.230 e. The second-order valence-electron chi connectivity index (χ2n) is 7.26. The fourth-order valence-corrected chi connectivity index (χ4v) is 4.95. The van der Waals surface area contributed by atoms with E-state index in [9.17, 15) is 4.79 Å². The van der Waals surface area contributed by atoms with Crippen molar-refractivity contribution in [1.82, 2.24) is 25.2 Å². The van der Waals surface area contributed by atoms with Crippen molar-refractivity contribution in [3.8, 4) is 5.69 Å². The van der Waals surface area contributed by atoms with E-state index in [-0.39, 0.29) is 5.91 Å². The Hall–Kier alpha value is -3.04. The lowest BCUT2D eigenvalue weighted by Gasteiger charge is -2.20. The van der Waals surface area contributed by atoms with Crippen molar-refractivity contribution in [3.63, 3.8) is 0 Å². The van der Waals surface area contributed by atoms with Gasteiger partial charge in [0.2, 0.25) is 11.1 Å². The lowest BCUT2D eigenvalue weighted by molar-refractivity contribution is -0.115. The molecule has 2 heterocycles. The predicted molar refractivity (Wildman–Crippen MR) is 124 cm³/mol. The molecule has 0 saturated carbocycles. The molecule has 2 aromatic carbocycles. The first-order valence-electron chi connectivity index (χ1n) is 9.73. The molecule has 0 fully saturated rings. The van der Waals surface area contributed by atoms with Crippen LogP contribution >= 0.6 is 23.1 Å². The molecule has 0 aliphatic heterocycles. The summed E-state index contributed by atoms with van der Waals surface area (Å²) in [6, 6.07) is 14.1. The van der Waals surface area contributed by atoms with Crippen LogP contribution in [0.5, 0.6) is 0 Å². The van der Waals surface area contributed by atoms with Crippen molar-refractivity contribution >= 4 is 39.8 Å². The third-order valence-corrected chi connectivity index (χ3v) is 6.54. The van der Waals surface area contributed by atoms with Gasteiger partial charge in [0, 0.05) is 18.1 Å². The standard InChI is InChI=1S/C22H22N6OS2/c1-14-5-8-19(9-6-14)28-22(24-25-26-28)31-13-18-12-30-21(23-18)27(17(4)29)20-10-7-15(2)11-16(20)3/h5-12H,13H2,1-4H3. The highest BCUT2D eigenvalue weighted by atomic mass is 32.2. The summed E-state index contributed by atoms with van der Waals surface area (Å²) in [5.74, 6) is 0.533. The number of amides is 1. The normalized spacial score (nSPS) is 11.0. The third-order valence-electron chi connectivity index (χ3n) is 4.71. The quantitative estimate of drug-likeness (QED) is 0.384. The molecule has 0 spiro atoms. The van der Waals surface area contributed by atoms with Gasteiger partial charge in [-0.05, 0) is 55.0 Å². The van der Waals surface area contributed by atoms with E-state index in [0.29, 0.717) is 16.0 Å². The average molecular weight is 451 g/mol. The molecule has 31 heavy (non-hydrogen) atoms. The Morgan fingerprint density at radius 1 is 1.10 bits per heavy atom. The summed E-state index contributed by atoms with van der Waals surface area (Å²) >= 11 is 2.96. The Balaban J connectivity index is 1.53. The number of hydrogen-bond donors (Lipinski definition) is 0. The number of thioether (sulfide) groups is 1. The number of carbonyl (C=O) groups is 1. The number of carbonyl (C=O) groups excluding carboxylic acids is 1. The number of nitrogens with zero attached hydrogens (tertiary/aromatic N) is 6. The number of hydrogen-bond acceptors (Lipinski definition) is 7. The van der Waals surface area contributed by atoms with Gasteiger partial charge in [-0.15, -0.1) is 16.4 Å². The SMILES string of the molecule is CC(=O)N(c1nc(CSc2nnnn2-c2ccc(C)cc2)cs1)c1ccc(C)cc1C. The van der Waals surface area contributed by atoms with E-state index in [1.807, 2.05) is 62.5 Å². The van der Waals surface area contributed by atoms with E-state index in [1.165, 1.54) is 28.7 Å². The van der Waals surface area contributed by atoms with Crippen molar-refractivity contribution in [1.29, 1.82) is 0 Å². The van der Waals surface area contributed by atoms with Crippen molar-refractivity contribution in [2.24, 2.45) is 0 Å². The predicted octanol–water partition coefficient (Wildman–Crippen LogP) is 5.02. The first-order valence-corrected chi connectivity index (χ1v) is 11.6. The fraction of sp³-hybridized carbons (Fsp3) is 0.227. The molecule has 0 aliphatic rings. The monoisotopic (exact) mass is 450 g/mol. The molecule has 4 rings (SSSR count).